The minimum atomic E-state index is -3.99. The summed E-state index contributed by atoms with van der Waals surface area (Å²) in [5, 5.41) is 10.1. The van der Waals surface area contributed by atoms with Crippen LogP contribution in [0.25, 0.3) is 0 Å². The van der Waals surface area contributed by atoms with Gasteiger partial charge in [-0.2, -0.15) is 0 Å². The molecule has 2 aromatic carbocycles. The zero-order valence-corrected chi connectivity index (χ0v) is 12.8. The topological polar surface area (TPSA) is 66.4 Å². The molecule has 0 spiro atoms. The maximum absolute atomic E-state index is 13.2. The van der Waals surface area contributed by atoms with Crippen LogP contribution < -0.4 is 4.72 Å². The van der Waals surface area contributed by atoms with E-state index in [1.54, 1.807) is 0 Å². The van der Waals surface area contributed by atoms with E-state index >= 15 is 0 Å². The first kappa shape index (κ1) is 17.5. The molecule has 124 valence electrons. The van der Waals surface area contributed by atoms with E-state index in [0.29, 0.717) is 0 Å². The third kappa shape index (κ3) is 4.10. The quantitative estimate of drug-likeness (QED) is 0.875. The van der Waals surface area contributed by atoms with Crippen LogP contribution in [0.15, 0.2) is 47.4 Å². The fourth-order valence-electron chi connectivity index (χ4n) is 1.98. The highest BCUT2D eigenvalue weighted by molar-refractivity contribution is 7.89. The Bertz CT molecular complexity index is 794. The van der Waals surface area contributed by atoms with Gasteiger partial charge in [0.25, 0.3) is 0 Å². The maximum atomic E-state index is 13.2. The van der Waals surface area contributed by atoms with Gasteiger partial charge >= 0.3 is 0 Å². The van der Waals surface area contributed by atoms with E-state index in [1.165, 1.54) is 6.92 Å². The second-order valence-electron chi connectivity index (χ2n) is 4.98. The molecule has 23 heavy (non-hydrogen) atoms. The van der Waals surface area contributed by atoms with Crippen LogP contribution >= 0.6 is 0 Å². The molecule has 0 saturated carbocycles. The van der Waals surface area contributed by atoms with Crippen molar-refractivity contribution in [1.29, 1.82) is 0 Å². The van der Waals surface area contributed by atoms with Crippen LogP contribution in [0.5, 0.6) is 0 Å². The molecule has 0 fully saturated rings. The standard InChI is InChI=1S/C15H14F3NO3S/c1-9(15(20)10-2-7-13(17)14(18)8-10)19-23(21,22)12-5-3-11(16)4-6-12/h2-9,15,19-20H,1H3. The highest BCUT2D eigenvalue weighted by atomic mass is 32.2. The number of benzene rings is 2. The average molecular weight is 345 g/mol. The molecule has 2 rings (SSSR count). The lowest BCUT2D eigenvalue weighted by Gasteiger charge is -2.20. The second-order valence-corrected chi connectivity index (χ2v) is 6.70. The SMILES string of the molecule is CC(NS(=O)(=O)c1ccc(F)cc1)C(O)c1ccc(F)c(F)c1. The minimum Gasteiger partial charge on any atom is -0.387 e. The number of aliphatic hydroxyl groups excluding tert-OH is 1. The molecule has 2 atom stereocenters. The average Bonchev–Trinajstić information content (AvgIpc) is 2.49. The van der Waals surface area contributed by atoms with Gasteiger partial charge in [0.2, 0.25) is 10.0 Å². The monoisotopic (exact) mass is 345 g/mol. The van der Waals surface area contributed by atoms with Gasteiger partial charge in [0, 0.05) is 6.04 Å². The van der Waals surface area contributed by atoms with E-state index in [0.717, 1.165) is 42.5 Å². The molecule has 8 heteroatoms. The summed E-state index contributed by atoms with van der Waals surface area (Å²) in [6.07, 6.45) is -1.39. The van der Waals surface area contributed by atoms with E-state index in [-0.39, 0.29) is 10.5 Å². The predicted molar refractivity (Wildman–Crippen MR) is 77.5 cm³/mol. The first-order valence-electron chi connectivity index (χ1n) is 6.61. The van der Waals surface area contributed by atoms with Crippen LogP contribution in [-0.2, 0) is 10.0 Å². The summed E-state index contributed by atoms with van der Waals surface area (Å²) in [5.41, 5.74) is 0.0261. The Morgan fingerprint density at radius 3 is 2.17 bits per heavy atom. The minimum absolute atomic E-state index is 0.0261. The van der Waals surface area contributed by atoms with Gasteiger partial charge in [0.05, 0.1) is 11.0 Å². The highest BCUT2D eigenvalue weighted by Crippen LogP contribution is 2.21. The molecule has 0 radical (unpaired) electrons. The van der Waals surface area contributed by atoms with E-state index in [4.69, 9.17) is 0 Å². The Morgan fingerprint density at radius 1 is 1.00 bits per heavy atom. The highest BCUT2D eigenvalue weighted by Gasteiger charge is 2.24. The summed E-state index contributed by atoms with van der Waals surface area (Å²) < 4.78 is 65.4. The van der Waals surface area contributed by atoms with Crippen molar-refractivity contribution in [2.75, 3.05) is 0 Å². The zero-order chi connectivity index (χ0) is 17.2. The summed E-state index contributed by atoms with van der Waals surface area (Å²) in [4.78, 5) is -0.178. The van der Waals surface area contributed by atoms with E-state index in [1.807, 2.05) is 0 Å². The van der Waals surface area contributed by atoms with Gasteiger partial charge in [-0.1, -0.05) is 6.07 Å². The Hall–Kier alpha value is -1.90. The number of rotatable bonds is 5. The van der Waals surface area contributed by atoms with Gasteiger partial charge in [-0.25, -0.2) is 26.3 Å². The van der Waals surface area contributed by atoms with Crippen LogP contribution in [0.4, 0.5) is 13.2 Å². The van der Waals surface area contributed by atoms with Crippen LogP contribution in [0, 0.1) is 17.5 Å². The lowest BCUT2D eigenvalue weighted by molar-refractivity contribution is 0.146. The molecule has 0 heterocycles. The van der Waals surface area contributed by atoms with Crippen molar-refractivity contribution in [2.24, 2.45) is 0 Å². The van der Waals surface area contributed by atoms with Gasteiger partial charge in [-0.3, -0.25) is 0 Å². The number of hydrogen-bond acceptors (Lipinski definition) is 3. The van der Waals surface area contributed by atoms with Crippen molar-refractivity contribution in [3.8, 4) is 0 Å². The first-order chi connectivity index (χ1) is 10.7. The van der Waals surface area contributed by atoms with E-state index < -0.39 is 39.6 Å². The zero-order valence-electron chi connectivity index (χ0n) is 12.0. The van der Waals surface area contributed by atoms with Crippen LogP contribution in [0.1, 0.15) is 18.6 Å². The molecule has 0 saturated heterocycles. The Labute approximate surface area is 131 Å². The first-order valence-corrected chi connectivity index (χ1v) is 8.10. The number of nitrogens with one attached hydrogen (secondary N) is 1. The summed E-state index contributed by atoms with van der Waals surface area (Å²) in [6, 6.07) is 5.91. The van der Waals surface area contributed by atoms with Crippen molar-refractivity contribution in [3.63, 3.8) is 0 Å². The molecular formula is C15H14F3NO3S. The fourth-order valence-corrected chi connectivity index (χ4v) is 3.22. The lowest BCUT2D eigenvalue weighted by Crippen LogP contribution is -2.37. The number of sulfonamides is 1. The molecule has 0 bridgehead atoms. The van der Waals surface area contributed by atoms with Gasteiger partial charge in [-0.15, -0.1) is 0 Å². The molecular weight excluding hydrogens is 331 g/mol. The smallest absolute Gasteiger partial charge is 0.240 e. The van der Waals surface area contributed by atoms with Crippen LogP contribution in [0.3, 0.4) is 0 Å². The van der Waals surface area contributed by atoms with Gasteiger partial charge in [0.1, 0.15) is 5.82 Å². The summed E-state index contributed by atoms with van der Waals surface area (Å²) in [6.45, 7) is 1.37. The molecule has 2 unspecified atom stereocenters. The number of aliphatic hydroxyl groups is 1. The molecule has 2 N–H and O–H groups in total. The maximum Gasteiger partial charge on any atom is 0.240 e. The summed E-state index contributed by atoms with van der Waals surface area (Å²) >= 11 is 0. The van der Waals surface area contributed by atoms with Crippen molar-refractivity contribution in [2.45, 2.75) is 24.0 Å². The molecule has 0 aliphatic heterocycles. The van der Waals surface area contributed by atoms with Crippen molar-refractivity contribution in [3.05, 3.63) is 65.5 Å². The number of hydrogen-bond donors (Lipinski definition) is 2. The summed E-state index contributed by atoms with van der Waals surface area (Å²) in [7, 11) is -3.99. The van der Waals surface area contributed by atoms with E-state index in [2.05, 4.69) is 4.72 Å². The lowest BCUT2D eigenvalue weighted by atomic mass is 10.0. The van der Waals surface area contributed by atoms with Crippen LogP contribution in [0.2, 0.25) is 0 Å². The van der Waals surface area contributed by atoms with Gasteiger partial charge < -0.3 is 5.11 Å². The van der Waals surface area contributed by atoms with E-state index in [9.17, 15) is 26.7 Å². The molecule has 2 aromatic rings. The Kier molecular flexibility index (Phi) is 5.08. The second kappa shape index (κ2) is 6.69. The Morgan fingerprint density at radius 2 is 1.61 bits per heavy atom. The molecule has 0 aliphatic carbocycles. The number of halogens is 3. The third-order valence-corrected chi connectivity index (χ3v) is 4.80. The van der Waals surface area contributed by atoms with Gasteiger partial charge in [-0.05, 0) is 48.9 Å². The molecule has 0 aromatic heterocycles. The Balaban J connectivity index is 2.18. The largest absolute Gasteiger partial charge is 0.387 e. The predicted octanol–water partition coefficient (Wildman–Crippen LogP) is 2.50. The van der Waals surface area contributed by atoms with Crippen molar-refractivity contribution < 1.29 is 26.7 Å². The van der Waals surface area contributed by atoms with Crippen molar-refractivity contribution in [1.82, 2.24) is 4.72 Å². The molecule has 0 aliphatic rings. The fraction of sp³-hybridized carbons (Fsp3) is 0.200. The normalized spacial score (nSPS) is 14.5. The van der Waals surface area contributed by atoms with Crippen LogP contribution in [-0.4, -0.2) is 19.6 Å². The van der Waals surface area contributed by atoms with Gasteiger partial charge in [0.15, 0.2) is 11.6 Å². The molecule has 0 amide bonds. The summed E-state index contributed by atoms with van der Waals surface area (Å²) in [5.74, 6) is -2.80. The third-order valence-electron chi connectivity index (χ3n) is 3.22. The molecule has 4 nitrogen and oxygen atoms in total. The van der Waals surface area contributed by atoms with Crippen molar-refractivity contribution >= 4 is 10.0 Å².